The highest BCUT2D eigenvalue weighted by atomic mass is 15.2. The summed E-state index contributed by atoms with van der Waals surface area (Å²) in [6.07, 6.45) is 10.8. The van der Waals surface area contributed by atoms with E-state index in [0.717, 1.165) is 0 Å². The van der Waals surface area contributed by atoms with Crippen LogP contribution < -0.4 is 0 Å². The summed E-state index contributed by atoms with van der Waals surface area (Å²) in [5, 5.41) is 4.20. The molecule has 0 saturated carbocycles. The maximum Gasteiger partial charge on any atom is 0.0524 e. The molecule has 80 valence electrons. The third kappa shape index (κ3) is 3.52. The highest BCUT2D eigenvalue weighted by Crippen LogP contribution is 2.21. The van der Waals surface area contributed by atoms with Gasteiger partial charge in [0, 0.05) is 13.2 Å². The van der Waals surface area contributed by atoms with E-state index in [1.165, 1.54) is 37.7 Å². The third-order valence-electron chi connectivity index (χ3n) is 2.78. The lowest BCUT2D eigenvalue weighted by Crippen LogP contribution is -1.92. The zero-order valence-corrected chi connectivity index (χ0v) is 9.66. The van der Waals surface area contributed by atoms with Gasteiger partial charge >= 0.3 is 0 Å². The van der Waals surface area contributed by atoms with Crippen molar-refractivity contribution in [3.63, 3.8) is 0 Å². The molecule has 0 N–H and O–H groups in total. The summed E-state index contributed by atoms with van der Waals surface area (Å²) in [5.41, 5.74) is 1.38. The van der Waals surface area contributed by atoms with Crippen LogP contribution in [0.4, 0.5) is 0 Å². The van der Waals surface area contributed by atoms with E-state index in [1.54, 1.807) is 0 Å². The Balaban J connectivity index is 2.25. The van der Waals surface area contributed by atoms with Crippen molar-refractivity contribution in [3.8, 4) is 0 Å². The first-order valence-electron chi connectivity index (χ1n) is 5.72. The number of aromatic nitrogens is 2. The van der Waals surface area contributed by atoms with E-state index in [-0.39, 0.29) is 0 Å². The van der Waals surface area contributed by atoms with Gasteiger partial charge in [-0.15, -0.1) is 0 Å². The summed E-state index contributed by atoms with van der Waals surface area (Å²) in [7, 11) is 1.98. The van der Waals surface area contributed by atoms with Crippen molar-refractivity contribution < 1.29 is 0 Å². The molecule has 2 heteroatoms. The molecule has 1 aromatic rings. The van der Waals surface area contributed by atoms with Gasteiger partial charge in [0.15, 0.2) is 0 Å². The van der Waals surface area contributed by atoms with Crippen LogP contribution in [0.1, 0.15) is 57.4 Å². The standard InChI is InChI=1S/C12H22N2/c1-4-5-6-7-8-11(2)12-9-13-14(3)10-12/h9-11H,4-8H2,1-3H3. The van der Waals surface area contributed by atoms with Gasteiger partial charge in [-0.25, -0.2) is 0 Å². The Morgan fingerprint density at radius 2 is 2.14 bits per heavy atom. The Hall–Kier alpha value is -0.790. The maximum atomic E-state index is 4.20. The number of unbranched alkanes of at least 4 members (excludes halogenated alkanes) is 3. The van der Waals surface area contributed by atoms with Crippen molar-refractivity contribution in [2.75, 3.05) is 0 Å². The van der Waals surface area contributed by atoms with E-state index >= 15 is 0 Å². The molecule has 1 atom stereocenters. The Kier molecular flexibility index (Phi) is 4.71. The fraction of sp³-hybridized carbons (Fsp3) is 0.750. The summed E-state index contributed by atoms with van der Waals surface area (Å²) in [5.74, 6) is 0.667. The van der Waals surface area contributed by atoms with Crippen LogP contribution in [0.25, 0.3) is 0 Å². The van der Waals surface area contributed by atoms with E-state index in [0.29, 0.717) is 5.92 Å². The zero-order chi connectivity index (χ0) is 10.4. The first-order chi connectivity index (χ1) is 6.74. The first-order valence-corrected chi connectivity index (χ1v) is 5.72. The summed E-state index contributed by atoms with van der Waals surface area (Å²) in [4.78, 5) is 0. The molecular formula is C12H22N2. The van der Waals surface area contributed by atoms with Crippen LogP contribution in [-0.4, -0.2) is 9.78 Å². The third-order valence-corrected chi connectivity index (χ3v) is 2.78. The lowest BCUT2D eigenvalue weighted by Gasteiger charge is -2.07. The Bertz CT molecular complexity index is 253. The molecule has 2 nitrogen and oxygen atoms in total. The van der Waals surface area contributed by atoms with Crippen LogP contribution in [0.15, 0.2) is 12.4 Å². The fourth-order valence-corrected chi connectivity index (χ4v) is 1.74. The molecule has 0 spiro atoms. The van der Waals surface area contributed by atoms with Crippen molar-refractivity contribution in [1.82, 2.24) is 9.78 Å². The SMILES string of the molecule is CCCCCCC(C)c1cnn(C)c1. The average Bonchev–Trinajstić information content (AvgIpc) is 2.59. The predicted octanol–water partition coefficient (Wildman–Crippen LogP) is 3.49. The Labute approximate surface area is 87.3 Å². The summed E-state index contributed by atoms with van der Waals surface area (Å²) >= 11 is 0. The van der Waals surface area contributed by atoms with Crippen molar-refractivity contribution in [2.24, 2.45) is 7.05 Å². The van der Waals surface area contributed by atoms with Gasteiger partial charge < -0.3 is 0 Å². The highest BCUT2D eigenvalue weighted by Gasteiger charge is 2.06. The second kappa shape index (κ2) is 5.84. The molecule has 0 aromatic carbocycles. The lowest BCUT2D eigenvalue weighted by atomic mass is 9.97. The quantitative estimate of drug-likeness (QED) is 0.634. The topological polar surface area (TPSA) is 17.8 Å². The second-order valence-corrected chi connectivity index (χ2v) is 4.20. The molecule has 0 radical (unpaired) electrons. The Morgan fingerprint density at radius 3 is 2.71 bits per heavy atom. The van der Waals surface area contributed by atoms with Gasteiger partial charge in [0.05, 0.1) is 6.20 Å². The minimum Gasteiger partial charge on any atom is -0.276 e. The number of rotatable bonds is 6. The molecule has 0 aliphatic carbocycles. The maximum absolute atomic E-state index is 4.20. The molecule has 14 heavy (non-hydrogen) atoms. The number of hydrogen-bond donors (Lipinski definition) is 0. The van der Waals surface area contributed by atoms with Crippen LogP contribution >= 0.6 is 0 Å². The minimum atomic E-state index is 0.667. The molecule has 0 saturated heterocycles. The van der Waals surface area contributed by atoms with E-state index < -0.39 is 0 Å². The second-order valence-electron chi connectivity index (χ2n) is 4.20. The summed E-state index contributed by atoms with van der Waals surface area (Å²) in [6, 6.07) is 0. The van der Waals surface area contributed by atoms with Crippen LogP contribution in [0, 0.1) is 0 Å². The van der Waals surface area contributed by atoms with E-state index in [4.69, 9.17) is 0 Å². The van der Waals surface area contributed by atoms with Gasteiger partial charge in [0.25, 0.3) is 0 Å². The largest absolute Gasteiger partial charge is 0.276 e. The smallest absolute Gasteiger partial charge is 0.0524 e. The Morgan fingerprint density at radius 1 is 1.36 bits per heavy atom. The molecule has 1 heterocycles. The minimum absolute atomic E-state index is 0.667. The molecule has 0 aliphatic rings. The van der Waals surface area contributed by atoms with Crippen molar-refractivity contribution in [2.45, 2.75) is 51.9 Å². The molecule has 1 aromatic heterocycles. The van der Waals surface area contributed by atoms with Crippen molar-refractivity contribution >= 4 is 0 Å². The van der Waals surface area contributed by atoms with E-state index in [1.807, 2.05) is 17.9 Å². The molecular weight excluding hydrogens is 172 g/mol. The van der Waals surface area contributed by atoms with Crippen LogP contribution in [-0.2, 0) is 7.05 Å². The summed E-state index contributed by atoms with van der Waals surface area (Å²) in [6.45, 7) is 4.55. The number of nitrogens with zero attached hydrogens (tertiary/aromatic N) is 2. The molecule has 0 amide bonds. The molecule has 1 unspecified atom stereocenters. The molecule has 0 fully saturated rings. The van der Waals surface area contributed by atoms with Crippen LogP contribution in [0.3, 0.4) is 0 Å². The first kappa shape index (κ1) is 11.3. The van der Waals surface area contributed by atoms with Crippen molar-refractivity contribution in [1.29, 1.82) is 0 Å². The van der Waals surface area contributed by atoms with Gasteiger partial charge in [-0.05, 0) is 17.9 Å². The molecule has 0 aliphatic heterocycles. The van der Waals surface area contributed by atoms with Crippen LogP contribution in [0.2, 0.25) is 0 Å². The van der Waals surface area contributed by atoms with Gasteiger partial charge in [-0.2, -0.15) is 5.10 Å². The molecule has 1 rings (SSSR count). The fourth-order valence-electron chi connectivity index (χ4n) is 1.74. The monoisotopic (exact) mass is 194 g/mol. The van der Waals surface area contributed by atoms with Gasteiger partial charge in [-0.1, -0.05) is 39.5 Å². The van der Waals surface area contributed by atoms with Gasteiger partial charge in [-0.3, -0.25) is 4.68 Å². The predicted molar refractivity (Wildman–Crippen MR) is 60.4 cm³/mol. The normalized spacial score (nSPS) is 13.1. The average molecular weight is 194 g/mol. The summed E-state index contributed by atoms with van der Waals surface area (Å²) < 4.78 is 1.89. The number of aryl methyl sites for hydroxylation is 1. The zero-order valence-electron chi connectivity index (χ0n) is 9.66. The highest BCUT2D eigenvalue weighted by molar-refractivity contribution is 5.09. The molecule has 0 bridgehead atoms. The van der Waals surface area contributed by atoms with Gasteiger partial charge in [0.2, 0.25) is 0 Å². The van der Waals surface area contributed by atoms with E-state index in [2.05, 4.69) is 25.1 Å². The van der Waals surface area contributed by atoms with Gasteiger partial charge in [0.1, 0.15) is 0 Å². The van der Waals surface area contributed by atoms with E-state index in [9.17, 15) is 0 Å². The van der Waals surface area contributed by atoms with Crippen molar-refractivity contribution in [3.05, 3.63) is 18.0 Å². The van der Waals surface area contributed by atoms with Crippen LogP contribution in [0.5, 0.6) is 0 Å². The number of hydrogen-bond acceptors (Lipinski definition) is 1. The lowest BCUT2D eigenvalue weighted by molar-refractivity contribution is 0.579.